The molecule has 0 aliphatic carbocycles. The van der Waals surface area contributed by atoms with Crippen LogP contribution < -0.4 is 19.5 Å². The number of hydrogen-bond acceptors (Lipinski definition) is 4. The number of aryl methyl sites for hydroxylation is 3. The van der Waals surface area contributed by atoms with Gasteiger partial charge in [0.1, 0.15) is 5.75 Å². The highest BCUT2D eigenvalue weighted by molar-refractivity contribution is 5.93. The Morgan fingerprint density at radius 1 is 0.917 bits per heavy atom. The summed E-state index contributed by atoms with van der Waals surface area (Å²) in [7, 11) is 3.13. The third-order valence-corrected chi connectivity index (χ3v) is 3.71. The third kappa shape index (κ3) is 4.19. The lowest BCUT2D eigenvalue weighted by molar-refractivity contribution is -0.118. The van der Waals surface area contributed by atoms with Crippen LogP contribution in [0.4, 0.5) is 5.69 Å². The molecular formula is C19H23NO4. The van der Waals surface area contributed by atoms with Gasteiger partial charge in [-0.1, -0.05) is 12.1 Å². The Morgan fingerprint density at radius 3 is 2.25 bits per heavy atom. The van der Waals surface area contributed by atoms with E-state index in [1.807, 2.05) is 45.0 Å². The Morgan fingerprint density at radius 2 is 1.58 bits per heavy atom. The SMILES string of the molecule is COc1cc(C)c(NC(=O)COc2cc(C)ccc2C)cc1OC. The van der Waals surface area contributed by atoms with Crippen molar-refractivity contribution in [2.24, 2.45) is 0 Å². The van der Waals surface area contributed by atoms with E-state index in [0.29, 0.717) is 22.9 Å². The van der Waals surface area contributed by atoms with E-state index in [1.165, 1.54) is 0 Å². The summed E-state index contributed by atoms with van der Waals surface area (Å²) in [4.78, 5) is 12.2. The molecule has 0 radical (unpaired) electrons. The molecule has 2 rings (SSSR count). The van der Waals surface area contributed by atoms with Gasteiger partial charge in [-0.15, -0.1) is 0 Å². The molecule has 1 amide bonds. The monoisotopic (exact) mass is 329 g/mol. The molecule has 0 saturated heterocycles. The molecule has 0 fully saturated rings. The first kappa shape index (κ1) is 17.7. The van der Waals surface area contributed by atoms with E-state index in [1.54, 1.807) is 20.3 Å². The summed E-state index contributed by atoms with van der Waals surface area (Å²) in [6.07, 6.45) is 0. The third-order valence-electron chi connectivity index (χ3n) is 3.71. The van der Waals surface area contributed by atoms with Crippen molar-refractivity contribution < 1.29 is 19.0 Å². The lowest BCUT2D eigenvalue weighted by Gasteiger charge is -2.14. The average Bonchev–Trinajstić information content (AvgIpc) is 2.57. The van der Waals surface area contributed by atoms with Crippen LogP contribution in [0.15, 0.2) is 30.3 Å². The van der Waals surface area contributed by atoms with Crippen LogP contribution in [0.1, 0.15) is 16.7 Å². The van der Waals surface area contributed by atoms with Crippen molar-refractivity contribution in [3.63, 3.8) is 0 Å². The van der Waals surface area contributed by atoms with Crippen LogP contribution in [0, 0.1) is 20.8 Å². The molecule has 0 spiro atoms. The van der Waals surface area contributed by atoms with Crippen molar-refractivity contribution >= 4 is 11.6 Å². The fourth-order valence-corrected chi connectivity index (χ4v) is 2.31. The Labute approximate surface area is 142 Å². The van der Waals surface area contributed by atoms with Gasteiger partial charge in [-0.3, -0.25) is 4.79 Å². The van der Waals surface area contributed by atoms with Gasteiger partial charge in [-0.25, -0.2) is 0 Å². The smallest absolute Gasteiger partial charge is 0.262 e. The van der Waals surface area contributed by atoms with E-state index >= 15 is 0 Å². The average molecular weight is 329 g/mol. The number of nitrogens with one attached hydrogen (secondary N) is 1. The van der Waals surface area contributed by atoms with E-state index in [-0.39, 0.29) is 12.5 Å². The predicted molar refractivity (Wildman–Crippen MR) is 94.3 cm³/mol. The highest BCUT2D eigenvalue weighted by atomic mass is 16.5. The summed E-state index contributed by atoms with van der Waals surface area (Å²) >= 11 is 0. The summed E-state index contributed by atoms with van der Waals surface area (Å²) in [5.74, 6) is 1.67. The molecule has 0 bridgehead atoms. The minimum absolute atomic E-state index is 0.0575. The maximum Gasteiger partial charge on any atom is 0.262 e. The van der Waals surface area contributed by atoms with Gasteiger partial charge in [0.2, 0.25) is 0 Å². The molecule has 2 aromatic rings. The van der Waals surface area contributed by atoms with E-state index in [2.05, 4.69) is 5.32 Å². The highest BCUT2D eigenvalue weighted by Gasteiger charge is 2.12. The fraction of sp³-hybridized carbons (Fsp3) is 0.316. The predicted octanol–water partition coefficient (Wildman–Crippen LogP) is 3.65. The Kier molecular flexibility index (Phi) is 5.68. The number of carbonyl (C=O) groups excluding carboxylic acids is 1. The standard InChI is InChI=1S/C19H23NO4/c1-12-6-7-13(2)16(8-12)24-11-19(21)20-15-10-18(23-5)17(22-4)9-14(15)3/h6-10H,11H2,1-5H3,(H,20,21). The number of methoxy groups -OCH3 is 2. The molecule has 0 atom stereocenters. The van der Waals surface area contributed by atoms with Gasteiger partial charge in [0.05, 0.1) is 14.2 Å². The largest absolute Gasteiger partial charge is 0.493 e. The number of hydrogen-bond donors (Lipinski definition) is 1. The number of benzene rings is 2. The van der Waals surface area contributed by atoms with Crippen LogP contribution in [-0.4, -0.2) is 26.7 Å². The molecular weight excluding hydrogens is 306 g/mol. The Balaban J connectivity index is 2.06. The van der Waals surface area contributed by atoms with Crippen LogP contribution in [0.25, 0.3) is 0 Å². The molecule has 0 heterocycles. The van der Waals surface area contributed by atoms with Gasteiger partial charge in [-0.05, 0) is 49.6 Å². The van der Waals surface area contributed by atoms with Crippen LogP contribution in [0.2, 0.25) is 0 Å². The van der Waals surface area contributed by atoms with Crippen LogP contribution >= 0.6 is 0 Å². The highest BCUT2D eigenvalue weighted by Crippen LogP contribution is 2.32. The van der Waals surface area contributed by atoms with Gasteiger partial charge in [0.25, 0.3) is 5.91 Å². The van der Waals surface area contributed by atoms with Gasteiger partial charge in [-0.2, -0.15) is 0 Å². The summed E-state index contributed by atoms with van der Waals surface area (Å²) in [5, 5.41) is 2.84. The topological polar surface area (TPSA) is 56.8 Å². The number of anilines is 1. The Bertz CT molecular complexity index is 740. The first-order valence-electron chi connectivity index (χ1n) is 7.67. The van der Waals surface area contributed by atoms with Crippen molar-refractivity contribution in [3.8, 4) is 17.2 Å². The molecule has 0 aromatic heterocycles. The zero-order chi connectivity index (χ0) is 17.7. The first-order chi connectivity index (χ1) is 11.4. The van der Waals surface area contributed by atoms with E-state index in [9.17, 15) is 4.79 Å². The van der Waals surface area contributed by atoms with Crippen molar-refractivity contribution in [1.29, 1.82) is 0 Å². The minimum atomic E-state index is -0.230. The summed E-state index contributed by atoms with van der Waals surface area (Å²) in [6, 6.07) is 9.46. The second-order valence-corrected chi connectivity index (χ2v) is 5.63. The van der Waals surface area contributed by atoms with Gasteiger partial charge < -0.3 is 19.5 Å². The maximum absolute atomic E-state index is 12.2. The van der Waals surface area contributed by atoms with Crippen LogP contribution in [-0.2, 0) is 4.79 Å². The van der Waals surface area contributed by atoms with Crippen molar-refractivity contribution in [2.45, 2.75) is 20.8 Å². The fourth-order valence-electron chi connectivity index (χ4n) is 2.31. The molecule has 24 heavy (non-hydrogen) atoms. The zero-order valence-corrected chi connectivity index (χ0v) is 14.7. The van der Waals surface area contributed by atoms with Crippen molar-refractivity contribution in [2.75, 3.05) is 26.1 Å². The Hall–Kier alpha value is -2.69. The van der Waals surface area contributed by atoms with E-state index in [4.69, 9.17) is 14.2 Å². The quantitative estimate of drug-likeness (QED) is 0.879. The molecule has 0 unspecified atom stereocenters. The molecule has 2 aromatic carbocycles. The molecule has 0 aliphatic rings. The number of ether oxygens (including phenoxy) is 3. The molecule has 0 aliphatic heterocycles. The maximum atomic E-state index is 12.2. The molecule has 1 N–H and O–H groups in total. The molecule has 5 nitrogen and oxygen atoms in total. The first-order valence-corrected chi connectivity index (χ1v) is 7.67. The van der Waals surface area contributed by atoms with Crippen LogP contribution in [0.3, 0.4) is 0 Å². The second-order valence-electron chi connectivity index (χ2n) is 5.63. The minimum Gasteiger partial charge on any atom is -0.493 e. The molecule has 5 heteroatoms. The molecule has 128 valence electrons. The normalized spacial score (nSPS) is 10.2. The van der Waals surface area contributed by atoms with Crippen molar-refractivity contribution in [3.05, 3.63) is 47.0 Å². The second kappa shape index (κ2) is 7.73. The van der Waals surface area contributed by atoms with Gasteiger partial charge in [0, 0.05) is 11.8 Å². The van der Waals surface area contributed by atoms with Crippen LogP contribution in [0.5, 0.6) is 17.2 Å². The number of amides is 1. The summed E-state index contributed by atoms with van der Waals surface area (Å²) in [6.45, 7) is 5.77. The summed E-state index contributed by atoms with van der Waals surface area (Å²) in [5.41, 5.74) is 3.64. The van der Waals surface area contributed by atoms with Gasteiger partial charge in [0.15, 0.2) is 18.1 Å². The van der Waals surface area contributed by atoms with E-state index in [0.717, 1.165) is 16.7 Å². The lowest BCUT2D eigenvalue weighted by atomic mass is 10.1. The number of carbonyl (C=O) groups is 1. The van der Waals surface area contributed by atoms with Gasteiger partial charge >= 0.3 is 0 Å². The lowest BCUT2D eigenvalue weighted by Crippen LogP contribution is -2.21. The van der Waals surface area contributed by atoms with E-state index < -0.39 is 0 Å². The molecule has 0 saturated carbocycles. The van der Waals surface area contributed by atoms with Crippen molar-refractivity contribution in [1.82, 2.24) is 0 Å². The summed E-state index contributed by atoms with van der Waals surface area (Å²) < 4.78 is 16.1. The zero-order valence-electron chi connectivity index (χ0n) is 14.7. The number of rotatable bonds is 6.